The van der Waals surface area contributed by atoms with Crippen molar-refractivity contribution in [2.45, 2.75) is 53.8 Å². The average Bonchev–Trinajstić information content (AvgIpc) is 2.86. The topological polar surface area (TPSA) is 66.8 Å². The molecule has 1 heterocycles. The number of carboxylic acid groups (broad SMARTS) is 1. The molecule has 0 radical (unpaired) electrons. The highest BCUT2D eigenvalue weighted by Gasteiger charge is 2.70. The Hall–Kier alpha value is -1.65. The lowest BCUT2D eigenvalue weighted by Crippen LogP contribution is -2.51. The monoisotopic (exact) mass is 358 g/mol. The van der Waals surface area contributed by atoms with E-state index in [1.165, 1.54) is 11.6 Å². The molecule has 0 bridgehead atoms. The fraction of sp³-hybridized carbons (Fsp3) is 0.591. The Morgan fingerprint density at radius 3 is 2.46 bits per heavy atom. The average molecular weight is 358 g/mol. The Kier molecular flexibility index (Phi) is 4.36. The summed E-state index contributed by atoms with van der Waals surface area (Å²) < 4.78 is 6.57. The lowest BCUT2D eigenvalue weighted by molar-refractivity contribution is -0.131. The van der Waals surface area contributed by atoms with Crippen LogP contribution >= 0.6 is 0 Å². The Bertz CT molecular complexity index is 758. The van der Waals surface area contributed by atoms with Gasteiger partial charge < -0.3 is 14.9 Å². The van der Waals surface area contributed by atoms with Crippen molar-refractivity contribution in [1.29, 1.82) is 0 Å². The van der Waals surface area contributed by atoms with Gasteiger partial charge in [-0.2, -0.15) is 0 Å². The van der Waals surface area contributed by atoms with Gasteiger partial charge in [-0.15, -0.1) is 0 Å². The lowest BCUT2D eigenvalue weighted by Gasteiger charge is -2.52. The van der Waals surface area contributed by atoms with Crippen molar-refractivity contribution >= 4 is 5.97 Å². The van der Waals surface area contributed by atoms with E-state index >= 15 is 0 Å². The van der Waals surface area contributed by atoms with E-state index in [1.807, 2.05) is 19.1 Å². The van der Waals surface area contributed by atoms with Crippen LogP contribution < -0.4 is 0 Å². The number of carboxylic acids is 1. The van der Waals surface area contributed by atoms with Crippen LogP contribution in [0.5, 0.6) is 0 Å². The highest BCUT2D eigenvalue weighted by molar-refractivity contribution is 5.80. The minimum Gasteiger partial charge on any atom is -0.478 e. The molecule has 0 amide bonds. The van der Waals surface area contributed by atoms with Gasteiger partial charge in [-0.05, 0) is 31.9 Å². The third-order valence-corrected chi connectivity index (χ3v) is 7.09. The van der Waals surface area contributed by atoms with Gasteiger partial charge in [0.1, 0.15) is 0 Å². The minimum absolute atomic E-state index is 0.00314. The van der Waals surface area contributed by atoms with Gasteiger partial charge in [0, 0.05) is 28.2 Å². The second-order valence-corrected chi connectivity index (χ2v) is 8.84. The number of allylic oxidation sites excluding steroid dienone is 3. The van der Waals surface area contributed by atoms with Gasteiger partial charge >= 0.3 is 5.97 Å². The molecule has 6 atom stereocenters. The summed E-state index contributed by atoms with van der Waals surface area (Å²) in [6, 6.07) is 0. The summed E-state index contributed by atoms with van der Waals surface area (Å²) >= 11 is 0. The molecule has 0 spiro atoms. The molecule has 1 aliphatic heterocycles. The van der Waals surface area contributed by atoms with Crippen LogP contribution in [0.1, 0.15) is 41.5 Å². The predicted molar refractivity (Wildman–Crippen MR) is 102 cm³/mol. The predicted octanol–water partition coefficient (Wildman–Crippen LogP) is 3.89. The SMILES string of the molecule is CC(=CCO)C1OC2C(C)=CC(C)(C=CC(=O)O)C3C(C)=CC1(C)C23C. The number of aliphatic hydroxyl groups is 1. The van der Waals surface area contributed by atoms with E-state index in [9.17, 15) is 9.90 Å². The van der Waals surface area contributed by atoms with Gasteiger partial charge in [0.2, 0.25) is 0 Å². The molecular formula is C22H30O4. The fourth-order valence-electron chi connectivity index (χ4n) is 6.30. The first-order valence-electron chi connectivity index (χ1n) is 9.25. The Morgan fingerprint density at radius 1 is 1.23 bits per heavy atom. The van der Waals surface area contributed by atoms with Crippen molar-refractivity contribution in [2.24, 2.45) is 22.2 Å². The van der Waals surface area contributed by atoms with E-state index in [-0.39, 0.29) is 41.0 Å². The van der Waals surface area contributed by atoms with E-state index in [4.69, 9.17) is 9.84 Å². The molecule has 1 fully saturated rings. The molecule has 2 N–H and O–H groups in total. The highest BCUT2D eigenvalue weighted by atomic mass is 16.5. The minimum atomic E-state index is -0.922. The smallest absolute Gasteiger partial charge is 0.328 e. The summed E-state index contributed by atoms with van der Waals surface area (Å²) in [4.78, 5) is 11.2. The van der Waals surface area contributed by atoms with Crippen molar-refractivity contribution in [2.75, 3.05) is 6.61 Å². The van der Waals surface area contributed by atoms with Gasteiger partial charge in [-0.3, -0.25) is 0 Å². The largest absolute Gasteiger partial charge is 0.478 e. The molecule has 0 aromatic carbocycles. The van der Waals surface area contributed by atoms with E-state index in [0.29, 0.717) is 0 Å². The van der Waals surface area contributed by atoms with Gasteiger partial charge in [-0.25, -0.2) is 4.79 Å². The zero-order chi connectivity index (χ0) is 19.5. The molecule has 0 aromatic rings. The maximum atomic E-state index is 11.2. The maximum absolute atomic E-state index is 11.2. The Labute approximate surface area is 155 Å². The van der Waals surface area contributed by atoms with Crippen molar-refractivity contribution in [1.82, 2.24) is 0 Å². The van der Waals surface area contributed by atoms with Crippen LogP contribution in [0.2, 0.25) is 0 Å². The maximum Gasteiger partial charge on any atom is 0.328 e. The van der Waals surface area contributed by atoms with Crippen LogP contribution in [0.4, 0.5) is 0 Å². The van der Waals surface area contributed by atoms with Crippen LogP contribution in [0, 0.1) is 22.2 Å². The van der Waals surface area contributed by atoms with Crippen molar-refractivity contribution in [3.8, 4) is 0 Å². The van der Waals surface area contributed by atoms with E-state index in [1.54, 1.807) is 0 Å². The molecule has 3 rings (SSSR count). The Balaban J connectivity index is 2.19. The first-order valence-corrected chi connectivity index (χ1v) is 9.25. The van der Waals surface area contributed by atoms with E-state index in [0.717, 1.165) is 11.1 Å². The summed E-state index contributed by atoms with van der Waals surface area (Å²) in [5.74, 6) is -0.759. The Morgan fingerprint density at radius 2 is 1.88 bits per heavy atom. The van der Waals surface area contributed by atoms with Gasteiger partial charge in [0.05, 0.1) is 18.8 Å². The van der Waals surface area contributed by atoms with Crippen molar-refractivity contribution in [3.05, 3.63) is 47.1 Å². The lowest BCUT2D eigenvalue weighted by atomic mass is 9.50. The summed E-state index contributed by atoms with van der Waals surface area (Å²) in [5, 5.41) is 18.5. The molecule has 1 saturated heterocycles. The van der Waals surface area contributed by atoms with Crippen LogP contribution in [-0.2, 0) is 9.53 Å². The second-order valence-electron chi connectivity index (χ2n) is 8.84. The summed E-state index contributed by atoms with van der Waals surface area (Å²) in [6.45, 7) is 12.9. The van der Waals surface area contributed by atoms with Crippen molar-refractivity contribution < 1.29 is 19.7 Å². The first-order chi connectivity index (χ1) is 12.0. The van der Waals surface area contributed by atoms with Crippen LogP contribution in [0.3, 0.4) is 0 Å². The van der Waals surface area contributed by atoms with Gasteiger partial charge in [0.25, 0.3) is 0 Å². The fourth-order valence-corrected chi connectivity index (χ4v) is 6.30. The molecule has 2 aliphatic carbocycles. The van der Waals surface area contributed by atoms with Crippen molar-refractivity contribution in [3.63, 3.8) is 0 Å². The summed E-state index contributed by atoms with van der Waals surface area (Å²) in [6.07, 6.45) is 9.31. The molecule has 6 unspecified atom stereocenters. The number of hydrogen-bond donors (Lipinski definition) is 2. The van der Waals surface area contributed by atoms with Crippen LogP contribution in [0.15, 0.2) is 47.1 Å². The molecular weight excluding hydrogens is 328 g/mol. The van der Waals surface area contributed by atoms with E-state index in [2.05, 4.69) is 46.8 Å². The first kappa shape index (κ1) is 19.1. The second kappa shape index (κ2) is 5.93. The van der Waals surface area contributed by atoms with Crippen LogP contribution in [-0.4, -0.2) is 35.0 Å². The van der Waals surface area contributed by atoms with E-state index < -0.39 is 5.97 Å². The third kappa shape index (κ3) is 2.31. The number of rotatable bonds is 4. The van der Waals surface area contributed by atoms with Gasteiger partial charge in [0.15, 0.2) is 0 Å². The number of ether oxygens (including phenoxy) is 1. The number of carbonyl (C=O) groups is 1. The molecule has 4 heteroatoms. The molecule has 3 aliphatic rings. The normalized spacial score (nSPS) is 44.9. The summed E-state index contributed by atoms with van der Waals surface area (Å²) in [5.41, 5.74) is 2.71. The third-order valence-electron chi connectivity index (χ3n) is 7.09. The molecule has 26 heavy (non-hydrogen) atoms. The molecule has 4 nitrogen and oxygen atoms in total. The quantitative estimate of drug-likeness (QED) is 0.591. The number of hydrogen-bond acceptors (Lipinski definition) is 3. The van der Waals surface area contributed by atoms with Crippen LogP contribution in [0.25, 0.3) is 0 Å². The zero-order valence-electron chi connectivity index (χ0n) is 16.5. The number of aliphatic carboxylic acids is 1. The highest BCUT2D eigenvalue weighted by Crippen LogP contribution is 2.71. The molecule has 0 aromatic heterocycles. The summed E-state index contributed by atoms with van der Waals surface area (Å²) in [7, 11) is 0. The zero-order valence-corrected chi connectivity index (χ0v) is 16.5. The standard InChI is InChI=1S/C22H30O4/c1-13(8-10-23)18-21(5)12-14(2)17-20(4,9-7-16(24)25)11-15(3)19(26-18)22(17,21)6/h7-9,11-12,17-19,23H,10H2,1-6H3,(H,24,25). The van der Waals surface area contributed by atoms with Gasteiger partial charge in [-0.1, -0.05) is 50.6 Å². The molecule has 142 valence electrons. The molecule has 0 saturated carbocycles. The number of aliphatic hydroxyl groups excluding tert-OH is 1.